The first-order chi connectivity index (χ1) is 4.79. The standard InChI is InChI=1S/C6H9NO3.Na/c1-9-6(10-2)5(3-7)4-8;/h4-6H,1-2H3;. The number of ether oxygens (including phenoxy) is 2. The fourth-order valence-electron chi connectivity index (χ4n) is 0.545. The summed E-state index contributed by atoms with van der Waals surface area (Å²) in [5.74, 6) is -0.838. The van der Waals surface area contributed by atoms with Crippen molar-refractivity contribution < 1.29 is 14.3 Å². The Morgan fingerprint density at radius 2 is 1.91 bits per heavy atom. The molecule has 0 bridgehead atoms. The topological polar surface area (TPSA) is 59.3 Å². The minimum atomic E-state index is -0.838. The van der Waals surface area contributed by atoms with Crippen LogP contribution in [0.4, 0.5) is 0 Å². The van der Waals surface area contributed by atoms with Crippen molar-refractivity contribution in [3.05, 3.63) is 0 Å². The van der Waals surface area contributed by atoms with Crippen LogP contribution >= 0.6 is 0 Å². The second kappa shape index (κ2) is 8.18. The summed E-state index contributed by atoms with van der Waals surface area (Å²) >= 11 is 0. The summed E-state index contributed by atoms with van der Waals surface area (Å²) in [6.07, 6.45) is -0.250. The van der Waals surface area contributed by atoms with Gasteiger partial charge in [0.2, 0.25) is 0 Å². The van der Waals surface area contributed by atoms with E-state index in [1.54, 1.807) is 6.07 Å². The van der Waals surface area contributed by atoms with Crippen LogP contribution in [0, 0.1) is 17.2 Å². The summed E-state index contributed by atoms with van der Waals surface area (Å²) in [5, 5.41) is 8.32. The normalized spacial score (nSPS) is 11.5. The maximum Gasteiger partial charge on any atom is 0.179 e. The number of hydrogen-bond acceptors (Lipinski definition) is 4. The molecule has 1 unspecified atom stereocenters. The van der Waals surface area contributed by atoms with E-state index in [1.165, 1.54) is 14.2 Å². The van der Waals surface area contributed by atoms with Gasteiger partial charge in [-0.15, -0.1) is 0 Å². The van der Waals surface area contributed by atoms with Crippen molar-refractivity contribution in [1.29, 1.82) is 5.26 Å². The molecule has 0 fully saturated rings. The van der Waals surface area contributed by atoms with Crippen molar-refractivity contribution in [2.45, 2.75) is 6.29 Å². The number of nitriles is 1. The van der Waals surface area contributed by atoms with Gasteiger partial charge in [0.1, 0.15) is 6.29 Å². The zero-order valence-corrected chi connectivity index (χ0v) is 8.90. The van der Waals surface area contributed by atoms with Gasteiger partial charge in [-0.1, -0.05) is 0 Å². The molecule has 0 aromatic carbocycles. The molecule has 5 heteroatoms. The van der Waals surface area contributed by atoms with Crippen LogP contribution in [0.5, 0.6) is 0 Å². The molecule has 0 spiro atoms. The van der Waals surface area contributed by atoms with E-state index in [1.807, 2.05) is 0 Å². The van der Waals surface area contributed by atoms with E-state index >= 15 is 0 Å². The first-order valence-corrected chi connectivity index (χ1v) is 2.70. The molecule has 11 heavy (non-hydrogen) atoms. The third kappa shape index (κ3) is 4.51. The zero-order valence-electron chi connectivity index (χ0n) is 6.90. The Balaban J connectivity index is 0. The smallest absolute Gasteiger partial charge is 0.179 e. The van der Waals surface area contributed by atoms with Crippen LogP contribution in [0.1, 0.15) is 0 Å². The molecular formula is C6H9NNaO3. The summed E-state index contributed by atoms with van der Waals surface area (Å²) in [6.45, 7) is 0. The van der Waals surface area contributed by atoms with E-state index in [9.17, 15) is 4.79 Å². The van der Waals surface area contributed by atoms with Crippen molar-refractivity contribution >= 4 is 35.8 Å². The van der Waals surface area contributed by atoms with E-state index in [-0.39, 0.29) is 29.6 Å². The molecule has 0 aromatic rings. The number of nitrogens with zero attached hydrogens (tertiary/aromatic N) is 1. The second-order valence-electron chi connectivity index (χ2n) is 1.63. The minimum Gasteiger partial charge on any atom is -0.354 e. The fourth-order valence-corrected chi connectivity index (χ4v) is 0.545. The maximum absolute atomic E-state index is 10.1. The number of rotatable bonds is 4. The van der Waals surface area contributed by atoms with Crippen molar-refractivity contribution in [2.75, 3.05) is 14.2 Å². The third-order valence-corrected chi connectivity index (χ3v) is 1.05. The van der Waals surface area contributed by atoms with E-state index in [0.29, 0.717) is 6.29 Å². The Bertz CT molecular complexity index is 141. The molecule has 0 aliphatic carbocycles. The van der Waals surface area contributed by atoms with Gasteiger partial charge in [0, 0.05) is 43.8 Å². The Kier molecular flexibility index (Phi) is 10.2. The van der Waals surface area contributed by atoms with Gasteiger partial charge in [-0.05, 0) is 0 Å². The van der Waals surface area contributed by atoms with Crippen LogP contribution in [0.3, 0.4) is 0 Å². The van der Waals surface area contributed by atoms with Gasteiger partial charge in [-0.2, -0.15) is 5.26 Å². The molecule has 0 rings (SSSR count). The predicted octanol–water partition coefficient (Wildman–Crippen LogP) is -0.437. The summed E-state index contributed by atoms with van der Waals surface area (Å²) in [5.41, 5.74) is 0. The first-order valence-electron chi connectivity index (χ1n) is 2.70. The van der Waals surface area contributed by atoms with Gasteiger partial charge in [0.25, 0.3) is 0 Å². The summed E-state index contributed by atoms with van der Waals surface area (Å²) < 4.78 is 9.33. The largest absolute Gasteiger partial charge is 0.354 e. The van der Waals surface area contributed by atoms with Crippen LogP contribution in [0.2, 0.25) is 0 Å². The van der Waals surface area contributed by atoms with Crippen LogP contribution in [0.15, 0.2) is 0 Å². The summed E-state index contributed by atoms with van der Waals surface area (Å²) in [4.78, 5) is 10.1. The first kappa shape index (κ1) is 13.7. The van der Waals surface area contributed by atoms with Crippen molar-refractivity contribution in [3.63, 3.8) is 0 Å². The summed E-state index contributed by atoms with van der Waals surface area (Å²) in [7, 11) is 2.75. The maximum atomic E-state index is 10.1. The van der Waals surface area contributed by atoms with Gasteiger partial charge >= 0.3 is 0 Å². The van der Waals surface area contributed by atoms with Crippen LogP contribution in [-0.4, -0.2) is 56.4 Å². The van der Waals surface area contributed by atoms with Crippen molar-refractivity contribution in [2.24, 2.45) is 5.92 Å². The zero-order chi connectivity index (χ0) is 7.98. The minimum absolute atomic E-state index is 0. The molecule has 0 aliphatic heterocycles. The number of aldehydes is 1. The Labute approximate surface area is 87.8 Å². The number of carbonyl (C=O) groups is 1. The number of carbonyl (C=O) groups excluding carboxylic acids is 1. The van der Waals surface area contributed by atoms with E-state index < -0.39 is 12.2 Å². The fraction of sp³-hybridized carbons (Fsp3) is 0.667. The average Bonchev–Trinajstić information content (AvgIpc) is 2.00. The van der Waals surface area contributed by atoms with Gasteiger partial charge < -0.3 is 14.3 Å². The number of hydrogen-bond donors (Lipinski definition) is 0. The van der Waals surface area contributed by atoms with Crippen molar-refractivity contribution in [1.82, 2.24) is 0 Å². The molecule has 4 nitrogen and oxygen atoms in total. The van der Waals surface area contributed by atoms with Gasteiger partial charge in [-0.3, -0.25) is 0 Å². The third-order valence-electron chi connectivity index (χ3n) is 1.05. The Morgan fingerprint density at radius 1 is 1.45 bits per heavy atom. The molecule has 0 saturated heterocycles. The molecular weight excluding hydrogens is 157 g/mol. The monoisotopic (exact) mass is 166 g/mol. The predicted molar refractivity (Wildman–Crippen MR) is 38.7 cm³/mol. The molecule has 0 N–H and O–H groups in total. The Morgan fingerprint density at radius 3 is 2.00 bits per heavy atom. The van der Waals surface area contributed by atoms with Crippen LogP contribution in [-0.2, 0) is 14.3 Å². The quantitative estimate of drug-likeness (QED) is 0.323. The van der Waals surface area contributed by atoms with E-state index in [4.69, 9.17) is 5.26 Å². The van der Waals surface area contributed by atoms with Gasteiger partial charge in [0.15, 0.2) is 12.2 Å². The molecule has 0 aliphatic rings. The SMILES string of the molecule is COC(OC)C(C#N)C=O.[Na]. The average molecular weight is 166 g/mol. The van der Waals surface area contributed by atoms with E-state index in [0.717, 1.165) is 0 Å². The molecule has 0 heterocycles. The van der Waals surface area contributed by atoms with Gasteiger partial charge in [0.05, 0.1) is 6.07 Å². The van der Waals surface area contributed by atoms with Gasteiger partial charge in [-0.25, -0.2) is 0 Å². The summed E-state index contributed by atoms with van der Waals surface area (Å²) in [6, 6.07) is 1.74. The Hall–Kier alpha value is 0.0800. The van der Waals surface area contributed by atoms with E-state index in [2.05, 4.69) is 9.47 Å². The van der Waals surface area contributed by atoms with Crippen LogP contribution < -0.4 is 0 Å². The molecule has 57 valence electrons. The second-order valence-corrected chi connectivity index (χ2v) is 1.63. The molecule has 0 aromatic heterocycles. The molecule has 1 radical (unpaired) electrons. The van der Waals surface area contributed by atoms with Crippen molar-refractivity contribution in [3.8, 4) is 6.07 Å². The molecule has 1 atom stereocenters. The molecule has 0 saturated carbocycles. The molecule has 0 amide bonds. The van der Waals surface area contributed by atoms with Crippen LogP contribution in [0.25, 0.3) is 0 Å². The number of methoxy groups -OCH3 is 2.